The van der Waals surface area contributed by atoms with E-state index in [1.807, 2.05) is 0 Å². The van der Waals surface area contributed by atoms with Gasteiger partial charge in [-0.05, 0) is 36.4 Å². The molecule has 0 radical (unpaired) electrons. The number of sulfonamides is 1. The Morgan fingerprint density at radius 1 is 1.00 bits per heavy atom. The summed E-state index contributed by atoms with van der Waals surface area (Å²) in [4.78, 5) is 14.1. The van der Waals surface area contributed by atoms with Crippen LogP contribution >= 0.6 is 0 Å². The molecule has 164 valence electrons. The summed E-state index contributed by atoms with van der Waals surface area (Å²) < 4.78 is 77.3. The quantitative estimate of drug-likeness (QED) is 0.649. The lowest BCUT2D eigenvalue weighted by atomic mass is 10.2. The minimum atomic E-state index is -4.59. The summed E-state index contributed by atoms with van der Waals surface area (Å²) in [6, 6.07) is 9.57. The largest absolute Gasteiger partial charge is 0.449 e. The molecule has 0 atom stereocenters. The third kappa shape index (κ3) is 4.23. The van der Waals surface area contributed by atoms with Gasteiger partial charge in [-0.2, -0.15) is 13.2 Å². The van der Waals surface area contributed by atoms with E-state index < -0.39 is 27.7 Å². The maximum atomic E-state index is 13.0. The molecular formula is C20H17F3N2O5S. The lowest BCUT2D eigenvalue weighted by Gasteiger charge is -2.26. The average Bonchev–Trinajstić information content (AvgIpc) is 3.11. The second-order valence-corrected chi connectivity index (χ2v) is 8.52. The van der Waals surface area contributed by atoms with E-state index in [0.29, 0.717) is 49.4 Å². The topological polar surface area (TPSA) is 88.8 Å². The maximum Gasteiger partial charge on any atom is 0.416 e. The zero-order valence-corrected chi connectivity index (χ0v) is 16.8. The standard InChI is InChI=1S/C20H17F3N2O5S/c21-20(22,23)13-5-7-14(8-6-13)31(27,28)24-17-15-3-1-2-4-16(15)30-18(17)19(26)25-9-11-29-12-10-25/h1-8,24H,9-12H2. The van der Waals surface area contributed by atoms with Gasteiger partial charge in [-0.3, -0.25) is 9.52 Å². The van der Waals surface area contributed by atoms with Gasteiger partial charge >= 0.3 is 6.18 Å². The van der Waals surface area contributed by atoms with Crippen LogP contribution in [0.25, 0.3) is 11.0 Å². The van der Waals surface area contributed by atoms with Gasteiger partial charge in [-0.1, -0.05) is 12.1 Å². The molecule has 1 aliphatic rings. The number of furan rings is 1. The van der Waals surface area contributed by atoms with Crippen LogP contribution < -0.4 is 4.72 Å². The van der Waals surface area contributed by atoms with Crippen LogP contribution in [0.4, 0.5) is 18.9 Å². The first-order valence-electron chi connectivity index (χ1n) is 9.25. The van der Waals surface area contributed by atoms with Gasteiger partial charge < -0.3 is 14.1 Å². The number of hydrogen-bond donors (Lipinski definition) is 1. The van der Waals surface area contributed by atoms with Crippen molar-refractivity contribution in [3.8, 4) is 0 Å². The monoisotopic (exact) mass is 454 g/mol. The van der Waals surface area contributed by atoms with Gasteiger partial charge in [0.15, 0.2) is 0 Å². The number of benzene rings is 2. The number of rotatable bonds is 4. The van der Waals surface area contributed by atoms with Crippen LogP contribution in [-0.4, -0.2) is 45.5 Å². The van der Waals surface area contributed by atoms with Gasteiger partial charge in [0.25, 0.3) is 15.9 Å². The predicted octanol–water partition coefficient (Wildman–Crippen LogP) is 3.72. The lowest BCUT2D eigenvalue weighted by Crippen LogP contribution is -2.40. The number of nitrogens with zero attached hydrogens (tertiary/aromatic N) is 1. The molecule has 0 saturated carbocycles. The summed E-state index contributed by atoms with van der Waals surface area (Å²) in [5.41, 5.74) is -0.736. The van der Waals surface area contributed by atoms with Crippen LogP contribution in [0.2, 0.25) is 0 Å². The van der Waals surface area contributed by atoms with Crippen LogP contribution in [-0.2, 0) is 20.9 Å². The predicted molar refractivity (Wildman–Crippen MR) is 105 cm³/mol. The molecule has 2 heterocycles. The van der Waals surface area contributed by atoms with Crippen LogP contribution in [0.1, 0.15) is 16.1 Å². The third-order valence-electron chi connectivity index (χ3n) is 4.82. The minimum absolute atomic E-state index is 0.0630. The van der Waals surface area contributed by atoms with Crippen LogP contribution in [0.5, 0.6) is 0 Å². The first-order chi connectivity index (χ1) is 14.7. The first kappa shape index (κ1) is 21.2. The van der Waals surface area contributed by atoms with Crippen LogP contribution in [0.15, 0.2) is 57.8 Å². The van der Waals surface area contributed by atoms with E-state index in [9.17, 15) is 26.4 Å². The van der Waals surface area contributed by atoms with E-state index in [2.05, 4.69) is 4.72 Å². The van der Waals surface area contributed by atoms with Crippen molar-refractivity contribution in [3.05, 3.63) is 59.9 Å². The smallest absolute Gasteiger partial charge is 0.416 e. The van der Waals surface area contributed by atoms with E-state index in [4.69, 9.17) is 9.15 Å². The molecule has 31 heavy (non-hydrogen) atoms. The van der Waals surface area contributed by atoms with E-state index in [0.717, 1.165) is 12.1 Å². The molecule has 1 amide bonds. The molecule has 1 saturated heterocycles. The van der Waals surface area contributed by atoms with Gasteiger partial charge in [0.1, 0.15) is 11.3 Å². The fraction of sp³-hybridized carbons (Fsp3) is 0.250. The number of alkyl halides is 3. The van der Waals surface area contributed by atoms with Crippen molar-refractivity contribution in [2.45, 2.75) is 11.1 Å². The molecule has 11 heteroatoms. The normalized spacial score (nSPS) is 15.3. The summed E-state index contributed by atoms with van der Waals surface area (Å²) in [7, 11) is -4.30. The van der Waals surface area contributed by atoms with Crippen molar-refractivity contribution in [2.24, 2.45) is 0 Å². The lowest BCUT2D eigenvalue weighted by molar-refractivity contribution is -0.137. The molecule has 1 N–H and O–H groups in total. The van der Waals surface area contributed by atoms with Crippen molar-refractivity contribution in [2.75, 3.05) is 31.0 Å². The van der Waals surface area contributed by atoms with Crippen molar-refractivity contribution in [1.29, 1.82) is 0 Å². The summed E-state index contributed by atoms with van der Waals surface area (Å²) in [5, 5.41) is 0.356. The minimum Gasteiger partial charge on any atom is -0.449 e. The Kier molecular flexibility index (Phi) is 5.40. The van der Waals surface area contributed by atoms with E-state index >= 15 is 0 Å². The highest BCUT2D eigenvalue weighted by Gasteiger charge is 2.32. The number of halogens is 3. The zero-order valence-electron chi connectivity index (χ0n) is 16.0. The van der Waals surface area contributed by atoms with Crippen molar-refractivity contribution >= 4 is 32.6 Å². The van der Waals surface area contributed by atoms with Crippen molar-refractivity contribution in [1.82, 2.24) is 4.90 Å². The molecule has 2 aromatic carbocycles. The number of ether oxygens (including phenoxy) is 1. The number of morpholine rings is 1. The molecule has 0 unspecified atom stereocenters. The average molecular weight is 454 g/mol. The number of anilines is 1. The number of fused-ring (bicyclic) bond motifs is 1. The Bertz CT molecular complexity index is 1210. The van der Waals surface area contributed by atoms with E-state index in [1.54, 1.807) is 24.3 Å². The highest BCUT2D eigenvalue weighted by molar-refractivity contribution is 7.92. The van der Waals surface area contributed by atoms with Crippen molar-refractivity contribution < 1.29 is 35.5 Å². The highest BCUT2D eigenvalue weighted by Crippen LogP contribution is 2.34. The molecule has 1 fully saturated rings. The number of para-hydroxylation sites is 1. The Morgan fingerprint density at radius 2 is 1.65 bits per heavy atom. The number of amides is 1. The first-order valence-corrected chi connectivity index (χ1v) is 10.7. The molecule has 3 aromatic rings. The third-order valence-corrected chi connectivity index (χ3v) is 6.18. The number of hydrogen-bond acceptors (Lipinski definition) is 5. The molecule has 7 nitrogen and oxygen atoms in total. The maximum absolute atomic E-state index is 13.0. The Hall–Kier alpha value is -3.05. The Balaban J connectivity index is 1.72. The molecule has 4 rings (SSSR count). The molecule has 1 aliphatic heterocycles. The molecule has 0 bridgehead atoms. The van der Waals surface area contributed by atoms with Crippen LogP contribution in [0, 0.1) is 0 Å². The highest BCUT2D eigenvalue weighted by atomic mass is 32.2. The molecule has 0 aliphatic carbocycles. The zero-order chi connectivity index (χ0) is 22.2. The van der Waals surface area contributed by atoms with Gasteiger partial charge in [0.05, 0.1) is 23.7 Å². The Morgan fingerprint density at radius 3 is 2.29 bits per heavy atom. The summed E-state index contributed by atoms with van der Waals surface area (Å²) in [6.45, 7) is 1.33. The fourth-order valence-electron chi connectivity index (χ4n) is 3.22. The summed E-state index contributed by atoms with van der Waals surface area (Å²) in [5.74, 6) is -0.705. The van der Waals surface area contributed by atoms with E-state index in [1.165, 1.54) is 4.90 Å². The van der Waals surface area contributed by atoms with Gasteiger partial charge in [-0.25, -0.2) is 8.42 Å². The van der Waals surface area contributed by atoms with E-state index in [-0.39, 0.29) is 16.3 Å². The molecule has 0 spiro atoms. The van der Waals surface area contributed by atoms with Gasteiger partial charge in [-0.15, -0.1) is 0 Å². The molecular weight excluding hydrogens is 437 g/mol. The second kappa shape index (κ2) is 7.89. The van der Waals surface area contributed by atoms with Gasteiger partial charge in [0.2, 0.25) is 5.76 Å². The number of carbonyl (C=O) groups is 1. The summed E-state index contributed by atoms with van der Waals surface area (Å²) in [6.07, 6.45) is -4.59. The van der Waals surface area contributed by atoms with Crippen LogP contribution in [0.3, 0.4) is 0 Å². The fourth-order valence-corrected chi connectivity index (χ4v) is 4.31. The van der Waals surface area contributed by atoms with Crippen molar-refractivity contribution in [3.63, 3.8) is 0 Å². The number of nitrogens with one attached hydrogen (secondary N) is 1. The second-order valence-electron chi connectivity index (χ2n) is 6.83. The van der Waals surface area contributed by atoms with Gasteiger partial charge in [0, 0.05) is 18.5 Å². The molecule has 1 aromatic heterocycles. The summed E-state index contributed by atoms with van der Waals surface area (Å²) >= 11 is 0. The Labute approximate surface area is 175 Å². The SMILES string of the molecule is O=C(c1oc2ccccc2c1NS(=O)(=O)c1ccc(C(F)(F)F)cc1)N1CCOCC1. The number of carbonyl (C=O) groups excluding carboxylic acids is 1.